The molecular weight excluding hydrogens is 229 g/mol. The van der Waals surface area contributed by atoms with Gasteiger partial charge in [0.2, 0.25) is 0 Å². The van der Waals surface area contributed by atoms with E-state index in [1.165, 1.54) is 12.1 Å². The fourth-order valence-corrected chi connectivity index (χ4v) is 2.03. The minimum Gasteiger partial charge on any atom is -0.493 e. The Labute approximate surface area is 110 Å². The highest BCUT2D eigenvalue weighted by Gasteiger charge is 2.05. The van der Waals surface area contributed by atoms with Gasteiger partial charge >= 0.3 is 0 Å². The second-order valence-electron chi connectivity index (χ2n) is 4.56. The molecule has 0 fully saturated rings. The first-order chi connectivity index (χ1) is 8.67. The Kier molecular flexibility index (Phi) is 6.73. The van der Waals surface area contributed by atoms with E-state index in [9.17, 15) is 4.39 Å². The molecule has 18 heavy (non-hydrogen) atoms. The third-order valence-electron chi connectivity index (χ3n) is 3.08. The molecule has 0 bridgehead atoms. The highest BCUT2D eigenvalue weighted by Crippen LogP contribution is 2.18. The van der Waals surface area contributed by atoms with E-state index in [2.05, 4.69) is 19.2 Å². The number of aryl methyl sites for hydroxylation is 1. The molecule has 1 atom stereocenters. The summed E-state index contributed by atoms with van der Waals surface area (Å²) in [6, 6.07) is 5.22. The Morgan fingerprint density at radius 2 is 2.11 bits per heavy atom. The Morgan fingerprint density at radius 1 is 1.33 bits per heavy atom. The maximum atomic E-state index is 12.9. The molecule has 0 aliphatic heterocycles. The van der Waals surface area contributed by atoms with E-state index in [1.807, 2.05) is 6.92 Å². The number of halogens is 1. The number of benzene rings is 1. The molecular formula is C15H24FNO. The zero-order valence-corrected chi connectivity index (χ0v) is 11.6. The maximum Gasteiger partial charge on any atom is 0.123 e. The summed E-state index contributed by atoms with van der Waals surface area (Å²) in [5, 5.41) is 3.44. The first kappa shape index (κ1) is 15.0. The smallest absolute Gasteiger partial charge is 0.123 e. The van der Waals surface area contributed by atoms with Gasteiger partial charge in [-0.3, -0.25) is 0 Å². The van der Waals surface area contributed by atoms with Gasteiger partial charge in [0.05, 0.1) is 6.61 Å². The number of hydrogen-bond acceptors (Lipinski definition) is 2. The topological polar surface area (TPSA) is 21.3 Å². The van der Waals surface area contributed by atoms with Crippen molar-refractivity contribution in [2.75, 3.05) is 13.2 Å². The van der Waals surface area contributed by atoms with Gasteiger partial charge in [-0.05, 0) is 56.5 Å². The molecule has 0 aromatic heterocycles. The van der Waals surface area contributed by atoms with E-state index in [0.717, 1.165) is 37.1 Å². The largest absolute Gasteiger partial charge is 0.493 e. The minimum absolute atomic E-state index is 0.210. The monoisotopic (exact) mass is 253 g/mol. The molecule has 0 spiro atoms. The molecule has 0 aliphatic carbocycles. The molecule has 1 N–H and O–H groups in total. The summed E-state index contributed by atoms with van der Waals surface area (Å²) in [5.41, 5.74) is 0.855. The average molecular weight is 253 g/mol. The molecule has 0 amide bonds. The lowest BCUT2D eigenvalue weighted by Crippen LogP contribution is -2.28. The zero-order valence-electron chi connectivity index (χ0n) is 11.6. The van der Waals surface area contributed by atoms with Crippen LogP contribution in [0.3, 0.4) is 0 Å². The predicted molar refractivity (Wildman–Crippen MR) is 73.6 cm³/mol. The maximum absolute atomic E-state index is 12.9. The number of hydrogen-bond donors (Lipinski definition) is 1. The third-order valence-corrected chi connectivity index (χ3v) is 3.08. The van der Waals surface area contributed by atoms with Crippen LogP contribution in [0.5, 0.6) is 5.75 Å². The summed E-state index contributed by atoms with van der Waals surface area (Å²) in [5.74, 6) is 0.575. The second kappa shape index (κ2) is 8.09. The van der Waals surface area contributed by atoms with Crippen LogP contribution in [0.15, 0.2) is 18.2 Å². The third kappa shape index (κ3) is 5.05. The van der Waals surface area contributed by atoms with Crippen molar-refractivity contribution in [1.29, 1.82) is 0 Å². The van der Waals surface area contributed by atoms with Gasteiger partial charge in [0.1, 0.15) is 11.6 Å². The van der Waals surface area contributed by atoms with E-state index < -0.39 is 0 Å². The van der Waals surface area contributed by atoms with Crippen molar-refractivity contribution in [3.8, 4) is 5.75 Å². The van der Waals surface area contributed by atoms with E-state index in [-0.39, 0.29) is 5.82 Å². The van der Waals surface area contributed by atoms with Crippen molar-refractivity contribution in [1.82, 2.24) is 5.32 Å². The fraction of sp³-hybridized carbons (Fsp3) is 0.600. The summed E-state index contributed by atoms with van der Waals surface area (Å²) < 4.78 is 18.6. The van der Waals surface area contributed by atoms with Gasteiger partial charge in [0.15, 0.2) is 0 Å². The molecule has 102 valence electrons. The summed E-state index contributed by atoms with van der Waals surface area (Å²) in [6.45, 7) is 7.88. The van der Waals surface area contributed by atoms with E-state index in [1.54, 1.807) is 6.07 Å². The Morgan fingerprint density at radius 3 is 2.72 bits per heavy atom. The zero-order chi connectivity index (χ0) is 13.4. The summed E-state index contributed by atoms with van der Waals surface area (Å²) in [7, 11) is 0. The van der Waals surface area contributed by atoms with Gasteiger partial charge in [-0.1, -0.05) is 13.8 Å². The van der Waals surface area contributed by atoms with Crippen LogP contribution in [0.1, 0.15) is 38.7 Å². The molecule has 1 aromatic rings. The SMILES string of the molecule is CCNC(CC)CCCOc1ccc(F)cc1C. The molecule has 0 saturated carbocycles. The van der Waals surface area contributed by atoms with E-state index in [0.29, 0.717) is 12.6 Å². The fourth-order valence-electron chi connectivity index (χ4n) is 2.03. The van der Waals surface area contributed by atoms with E-state index >= 15 is 0 Å². The number of ether oxygens (including phenoxy) is 1. The quantitative estimate of drug-likeness (QED) is 0.714. The van der Waals surface area contributed by atoms with Crippen LogP contribution in [-0.4, -0.2) is 19.2 Å². The van der Waals surface area contributed by atoms with Gasteiger partial charge < -0.3 is 10.1 Å². The highest BCUT2D eigenvalue weighted by molar-refractivity contribution is 5.32. The van der Waals surface area contributed by atoms with Crippen molar-refractivity contribution < 1.29 is 9.13 Å². The van der Waals surface area contributed by atoms with Gasteiger partial charge in [0.25, 0.3) is 0 Å². The van der Waals surface area contributed by atoms with Gasteiger partial charge in [0, 0.05) is 6.04 Å². The molecule has 3 heteroatoms. The van der Waals surface area contributed by atoms with Crippen molar-refractivity contribution in [3.63, 3.8) is 0 Å². The van der Waals surface area contributed by atoms with Crippen molar-refractivity contribution in [2.24, 2.45) is 0 Å². The minimum atomic E-state index is -0.210. The normalized spacial score (nSPS) is 12.4. The molecule has 0 saturated heterocycles. The van der Waals surface area contributed by atoms with Crippen LogP contribution >= 0.6 is 0 Å². The first-order valence-corrected chi connectivity index (χ1v) is 6.79. The van der Waals surface area contributed by atoms with Crippen LogP contribution in [0.25, 0.3) is 0 Å². The van der Waals surface area contributed by atoms with Gasteiger partial charge in [-0.15, -0.1) is 0 Å². The Balaban J connectivity index is 2.29. The number of rotatable bonds is 8. The molecule has 0 heterocycles. The lowest BCUT2D eigenvalue weighted by Gasteiger charge is -2.16. The van der Waals surface area contributed by atoms with Crippen LogP contribution in [0.2, 0.25) is 0 Å². The molecule has 1 rings (SSSR count). The van der Waals surface area contributed by atoms with Crippen LogP contribution in [-0.2, 0) is 0 Å². The first-order valence-electron chi connectivity index (χ1n) is 6.79. The van der Waals surface area contributed by atoms with Crippen molar-refractivity contribution in [2.45, 2.75) is 46.1 Å². The molecule has 1 unspecified atom stereocenters. The lowest BCUT2D eigenvalue weighted by atomic mass is 10.1. The molecule has 1 aromatic carbocycles. The number of nitrogens with one attached hydrogen (secondary N) is 1. The van der Waals surface area contributed by atoms with Crippen LogP contribution < -0.4 is 10.1 Å². The van der Waals surface area contributed by atoms with Crippen LogP contribution in [0.4, 0.5) is 4.39 Å². The van der Waals surface area contributed by atoms with E-state index in [4.69, 9.17) is 4.74 Å². The van der Waals surface area contributed by atoms with Crippen molar-refractivity contribution in [3.05, 3.63) is 29.6 Å². The second-order valence-corrected chi connectivity index (χ2v) is 4.56. The predicted octanol–water partition coefficient (Wildman–Crippen LogP) is 3.68. The standard InChI is InChI=1S/C15H24FNO/c1-4-14(17-5-2)7-6-10-18-15-9-8-13(16)11-12(15)3/h8-9,11,14,17H,4-7,10H2,1-3H3. The molecule has 0 radical (unpaired) electrons. The Hall–Kier alpha value is -1.09. The lowest BCUT2D eigenvalue weighted by molar-refractivity contribution is 0.293. The molecule has 0 aliphatic rings. The van der Waals surface area contributed by atoms with Crippen LogP contribution in [0, 0.1) is 12.7 Å². The Bertz CT molecular complexity index is 354. The summed E-state index contributed by atoms with van der Waals surface area (Å²) in [6.07, 6.45) is 3.27. The summed E-state index contributed by atoms with van der Waals surface area (Å²) in [4.78, 5) is 0. The van der Waals surface area contributed by atoms with Gasteiger partial charge in [-0.2, -0.15) is 0 Å². The highest BCUT2D eigenvalue weighted by atomic mass is 19.1. The average Bonchev–Trinajstić information content (AvgIpc) is 2.35. The molecule has 2 nitrogen and oxygen atoms in total. The van der Waals surface area contributed by atoms with Gasteiger partial charge in [-0.25, -0.2) is 4.39 Å². The summed E-state index contributed by atoms with van der Waals surface area (Å²) >= 11 is 0. The van der Waals surface area contributed by atoms with Crippen molar-refractivity contribution >= 4 is 0 Å².